The second kappa shape index (κ2) is 8.89. The summed E-state index contributed by atoms with van der Waals surface area (Å²) in [5, 5.41) is 2.84. The van der Waals surface area contributed by atoms with Crippen LogP contribution in [0.1, 0.15) is 21.7 Å². The van der Waals surface area contributed by atoms with Crippen LogP contribution in [0.15, 0.2) is 102 Å². The Labute approximate surface area is 169 Å². The molecule has 0 atom stereocenters. The Morgan fingerprint density at radius 3 is 2.31 bits per heavy atom. The highest BCUT2D eigenvalue weighted by Crippen LogP contribution is 2.25. The molecular formula is C24H21N3O2. The first kappa shape index (κ1) is 18.5. The first-order chi connectivity index (χ1) is 14.3. The van der Waals surface area contributed by atoms with Gasteiger partial charge in [-0.1, -0.05) is 48.5 Å². The van der Waals surface area contributed by atoms with E-state index in [4.69, 9.17) is 4.42 Å². The smallest absolute Gasteiger partial charge is 0.253 e. The van der Waals surface area contributed by atoms with Crippen molar-refractivity contribution in [3.05, 3.63) is 114 Å². The van der Waals surface area contributed by atoms with E-state index in [0.29, 0.717) is 24.4 Å². The van der Waals surface area contributed by atoms with Crippen molar-refractivity contribution in [1.82, 2.24) is 10.3 Å². The highest BCUT2D eigenvalue weighted by atomic mass is 16.3. The van der Waals surface area contributed by atoms with Gasteiger partial charge in [-0.3, -0.25) is 4.79 Å². The number of hydrogen-bond donors (Lipinski definition) is 1. The van der Waals surface area contributed by atoms with E-state index in [1.807, 2.05) is 48.5 Å². The number of aromatic nitrogens is 1. The topological polar surface area (TPSA) is 58.4 Å². The summed E-state index contributed by atoms with van der Waals surface area (Å²) in [6.45, 7) is 1.03. The third-order valence-corrected chi connectivity index (χ3v) is 4.54. The van der Waals surface area contributed by atoms with Gasteiger partial charge >= 0.3 is 0 Å². The third-order valence-electron chi connectivity index (χ3n) is 4.54. The van der Waals surface area contributed by atoms with Crippen molar-refractivity contribution in [1.29, 1.82) is 0 Å². The number of para-hydroxylation sites is 1. The number of hydrogen-bond acceptors (Lipinski definition) is 4. The number of furan rings is 1. The molecule has 0 fully saturated rings. The number of nitrogens with zero attached hydrogens (tertiary/aromatic N) is 2. The molecule has 0 aliphatic rings. The predicted molar refractivity (Wildman–Crippen MR) is 113 cm³/mol. The lowest BCUT2D eigenvalue weighted by atomic mass is 10.2. The molecule has 0 bridgehead atoms. The Balaban J connectivity index is 1.52. The predicted octanol–water partition coefficient (Wildman–Crippen LogP) is 4.94. The van der Waals surface area contributed by atoms with Crippen LogP contribution in [-0.4, -0.2) is 10.9 Å². The molecule has 0 radical (unpaired) electrons. The van der Waals surface area contributed by atoms with Crippen LogP contribution in [0.4, 0.5) is 11.5 Å². The molecule has 144 valence electrons. The fourth-order valence-corrected chi connectivity index (χ4v) is 3.04. The molecule has 0 saturated carbocycles. The molecule has 0 unspecified atom stereocenters. The van der Waals surface area contributed by atoms with E-state index in [2.05, 4.69) is 39.5 Å². The number of pyridine rings is 1. The fraction of sp³-hybridized carbons (Fsp3) is 0.0833. The van der Waals surface area contributed by atoms with E-state index in [1.54, 1.807) is 24.6 Å². The molecule has 29 heavy (non-hydrogen) atoms. The normalized spacial score (nSPS) is 10.5. The number of rotatable bonds is 7. The van der Waals surface area contributed by atoms with Crippen molar-refractivity contribution in [2.75, 3.05) is 4.90 Å². The SMILES string of the molecule is O=C(NCc1ccco1)c1ccc(N(Cc2ccccc2)c2ccccc2)nc1. The fourth-order valence-electron chi connectivity index (χ4n) is 3.04. The van der Waals surface area contributed by atoms with Gasteiger partial charge in [0, 0.05) is 18.4 Å². The maximum Gasteiger partial charge on any atom is 0.253 e. The minimum Gasteiger partial charge on any atom is -0.467 e. The number of benzene rings is 2. The van der Waals surface area contributed by atoms with Crippen LogP contribution in [0.25, 0.3) is 0 Å². The van der Waals surface area contributed by atoms with Crippen LogP contribution < -0.4 is 10.2 Å². The summed E-state index contributed by atoms with van der Waals surface area (Å²) >= 11 is 0. The van der Waals surface area contributed by atoms with Gasteiger partial charge in [0.1, 0.15) is 11.6 Å². The number of amides is 1. The van der Waals surface area contributed by atoms with Gasteiger partial charge in [-0.15, -0.1) is 0 Å². The molecule has 0 saturated heterocycles. The first-order valence-corrected chi connectivity index (χ1v) is 9.43. The number of carbonyl (C=O) groups excluding carboxylic acids is 1. The largest absolute Gasteiger partial charge is 0.467 e. The van der Waals surface area contributed by atoms with Crippen LogP contribution in [0.3, 0.4) is 0 Å². The lowest BCUT2D eigenvalue weighted by Crippen LogP contribution is -2.23. The van der Waals surface area contributed by atoms with Crippen molar-refractivity contribution in [3.8, 4) is 0 Å². The van der Waals surface area contributed by atoms with Gasteiger partial charge in [0.05, 0.1) is 18.4 Å². The van der Waals surface area contributed by atoms with Crippen molar-refractivity contribution < 1.29 is 9.21 Å². The van der Waals surface area contributed by atoms with Gasteiger partial charge in [-0.25, -0.2) is 4.98 Å². The van der Waals surface area contributed by atoms with Crippen LogP contribution >= 0.6 is 0 Å². The quantitative estimate of drug-likeness (QED) is 0.491. The highest BCUT2D eigenvalue weighted by molar-refractivity contribution is 5.94. The van der Waals surface area contributed by atoms with E-state index in [0.717, 1.165) is 11.5 Å². The molecule has 4 aromatic rings. The monoisotopic (exact) mass is 383 g/mol. The maximum atomic E-state index is 12.4. The molecule has 1 N–H and O–H groups in total. The van der Waals surface area contributed by atoms with E-state index in [-0.39, 0.29) is 5.91 Å². The Morgan fingerprint density at radius 1 is 0.897 bits per heavy atom. The van der Waals surface area contributed by atoms with Gasteiger partial charge in [0.25, 0.3) is 5.91 Å². The standard InChI is InChI=1S/C24H21N3O2/c28-24(26-17-22-12-7-15-29-22)20-13-14-23(25-16-20)27(21-10-5-2-6-11-21)18-19-8-3-1-4-9-19/h1-16H,17-18H2,(H,26,28). The van der Waals surface area contributed by atoms with E-state index in [9.17, 15) is 4.79 Å². The summed E-state index contributed by atoms with van der Waals surface area (Å²) in [5.41, 5.74) is 2.73. The van der Waals surface area contributed by atoms with Crippen LogP contribution in [-0.2, 0) is 13.1 Å². The second-order valence-electron chi connectivity index (χ2n) is 6.57. The Bertz CT molecular complexity index is 1030. The minimum atomic E-state index is -0.185. The maximum absolute atomic E-state index is 12.4. The Morgan fingerprint density at radius 2 is 1.66 bits per heavy atom. The molecule has 4 rings (SSSR count). The highest BCUT2D eigenvalue weighted by Gasteiger charge is 2.13. The third kappa shape index (κ3) is 4.71. The molecule has 1 amide bonds. The summed E-state index contributed by atoms with van der Waals surface area (Å²) in [7, 11) is 0. The molecule has 0 aliphatic heterocycles. The lowest BCUT2D eigenvalue weighted by molar-refractivity contribution is 0.0947. The first-order valence-electron chi connectivity index (χ1n) is 9.43. The zero-order valence-electron chi connectivity index (χ0n) is 15.9. The zero-order chi connectivity index (χ0) is 19.9. The zero-order valence-corrected chi connectivity index (χ0v) is 15.9. The molecular weight excluding hydrogens is 362 g/mol. The van der Waals surface area contributed by atoms with Crippen LogP contribution in [0.5, 0.6) is 0 Å². The minimum absolute atomic E-state index is 0.185. The van der Waals surface area contributed by atoms with Gasteiger partial charge in [-0.2, -0.15) is 0 Å². The van der Waals surface area contributed by atoms with Gasteiger partial charge in [0.15, 0.2) is 0 Å². The van der Waals surface area contributed by atoms with Crippen LogP contribution in [0, 0.1) is 0 Å². The molecule has 0 aliphatic carbocycles. The number of anilines is 2. The summed E-state index contributed by atoms with van der Waals surface area (Å²) in [6.07, 6.45) is 3.19. The van der Waals surface area contributed by atoms with Gasteiger partial charge in [0.2, 0.25) is 0 Å². The van der Waals surface area contributed by atoms with E-state index in [1.165, 1.54) is 5.56 Å². The molecule has 5 nitrogen and oxygen atoms in total. The Hall–Kier alpha value is -3.86. The van der Waals surface area contributed by atoms with E-state index < -0.39 is 0 Å². The molecule has 2 aromatic heterocycles. The molecule has 0 spiro atoms. The van der Waals surface area contributed by atoms with Crippen molar-refractivity contribution in [3.63, 3.8) is 0 Å². The van der Waals surface area contributed by atoms with E-state index >= 15 is 0 Å². The van der Waals surface area contributed by atoms with Crippen molar-refractivity contribution in [2.24, 2.45) is 0 Å². The van der Waals surface area contributed by atoms with Crippen molar-refractivity contribution in [2.45, 2.75) is 13.1 Å². The summed E-state index contributed by atoms with van der Waals surface area (Å²) < 4.78 is 5.24. The second-order valence-corrected chi connectivity index (χ2v) is 6.57. The van der Waals surface area contributed by atoms with Crippen molar-refractivity contribution >= 4 is 17.4 Å². The van der Waals surface area contributed by atoms with Crippen LogP contribution in [0.2, 0.25) is 0 Å². The number of nitrogens with one attached hydrogen (secondary N) is 1. The van der Waals surface area contributed by atoms with Gasteiger partial charge in [-0.05, 0) is 42.0 Å². The molecule has 2 aromatic carbocycles. The summed E-state index contributed by atoms with van der Waals surface area (Å²) in [6, 6.07) is 27.6. The molecule has 2 heterocycles. The lowest BCUT2D eigenvalue weighted by Gasteiger charge is -2.24. The number of carbonyl (C=O) groups is 1. The average molecular weight is 383 g/mol. The van der Waals surface area contributed by atoms with Gasteiger partial charge < -0.3 is 14.6 Å². The summed E-state index contributed by atoms with van der Waals surface area (Å²) in [4.78, 5) is 19.1. The average Bonchev–Trinajstić information content (AvgIpc) is 3.31. The summed E-state index contributed by atoms with van der Waals surface area (Å²) in [5.74, 6) is 1.30. The Kier molecular flexibility index (Phi) is 5.67. The molecule has 5 heteroatoms.